The van der Waals surface area contributed by atoms with Gasteiger partial charge in [-0.05, 0) is 46.6 Å². The maximum Gasteiger partial charge on any atom is 0.0179 e. The van der Waals surface area contributed by atoms with Crippen molar-refractivity contribution in [2.45, 2.75) is 32.7 Å². The number of nitrogens with two attached hydrogens (primary N) is 1. The number of nitrogens with zero attached hydrogens (tertiary/aromatic N) is 2. The summed E-state index contributed by atoms with van der Waals surface area (Å²) in [5.41, 5.74) is 5.58. The molecule has 0 bridgehead atoms. The first-order chi connectivity index (χ1) is 6.60. The third-order valence-electron chi connectivity index (χ3n) is 2.57. The number of hydrogen-bond donors (Lipinski definition) is 1. The average molecular weight is 201 g/mol. The normalized spacial score (nSPS) is 22.3. The lowest BCUT2D eigenvalue weighted by molar-refractivity contribution is 0.353. The van der Waals surface area contributed by atoms with Crippen LogP contribution in [-0.2, 0) is 0 Å². The predicted octanol–water partition coefficient (Wildman–Crippen LogP) is 0.997. The van der Waals surface area contributed by atoms with Crippen LogP contribution >= 0.6 is 0 Å². The van der Waals surface area contributed by atoms with Gasteiger partial charge in [0.2, 0.25) is 0 Å². The molecular weight excluding hydrogens is 174 g/mol. The van der Waals surface area contributed by atoms with E-state index in [-0.39, 0.29) is 0 Å². The molecule has 0 aromatic rings. The third-order valence-corrected chi connectivity index (χ3v) is 2.57. The Labute approximate surface area is 89.2 Å². The first-order valence-corrected chi connectivity index (χ1v) is 5.72. The van der Waals surface area contributed by atoms with E-state index < -0.39 is 0 Å². The van der Waals surface area contributed by atoms with Crippen LogP contribution in [0.2, 0.25) is 0 Å². The van der Waals surface area contributed by atoms with E-state index in [1.807, 2.05) is 0 Å². The fourth-order valence-electron chi connectivity index (χ4n) is 1.51. The number of likely N-dealkylation sites (tertiary alicyclic amines) is 1. The molecule has 0 aliphatic carbocycles. The van der Waals surface area contributed by atoms with E-state index in [0.29, 0.717) is 6.04 Å². The van der Waals surface area contributed by atoms with Crippen molar-refractivity contribution < 1.29 is 0 Å². The Morgan fingerprint density at radius 2 is 2.07 bits per heavy atom. The zero-order valence-corrected chi connectivity index (χ0v) is 10.3. The predicted molar refractivity (Wildman–Crippen MR) is 63.6 cm³/mol. The van der Waals surface area contributed by atoms with Gasteiger partial charge in [-0.15, -0.1) is 0 Å². The highest BCUT2D eigenvalue weighted by Crippen LogP contribution is 2.01. The standard InChI is InChI=1S/C6H15N.C5H12N2/c1-4-6-7(3)5-2;1-7-3-2-5(6)4-7/h4-6H2,1-3H3;5H,2-4,6H2,1H3. The van der Waals surface area contributed by atoms with Crippen molar-refractivity contribution in [2.24, 2.45) is 5.73 Å². The zero-order chi connectivity index (χ0) is 11.0. The quantitative estimate of drug-likeness (QED) is 0.739. The van der Waals surface area contributed by atoms with Crippen LogP contribution in [-0.4, -0.2) is 56.1 Å². The van der Waals surface area contributed by atoms with Crippen molar-refractivity contribution in [1.82, 2.24) is 9.80 Å². The van der Waals surface area contributed by atoms with Crippen LogP contribution in [0.4, 0.5) is 0 Å². The summed E-state index contributed by atoms with van der Waals surface area (Å²) in [5.74, 6) is 0. The minimum absolute atomic E-state index is 0.449. The van der Waals surface area contributed by atoms with E-state index in [9.17, 15) is 0 Å². The highest BCUT2D eigenvalue weighted by atomic mass is 15.1. The van der Waals surface area contributed by atoms with Crippen molar-refractivity contribution in [1.29, 1.82) is 0 Å². The Morgan fingerprint density at radius 3 is 2.21 bits per heavy atom. The first-order valence-electron chi connectivity index (χ1n) is 5.72. The van der Waals surface area contributed by atoms with Gasteiger partial charge in [0, 0.05) is 12.6 Å². The fourth-order valence-corrected chi connectivity index (χ4v) is 1.51. The van der Waals surface area contributed by atoms with E-state index in [1.165, 1.54) is 32.5 Å². The van der Waals surface area contributed by atoms with Crippen molar-refractivity contribution in [3.63, 3.8) is 0 Å². The summed E-state index contributed by atoms with van der Waals surface area (Å²) >= 11 is 0. The summed E-state index contributed by atoms with van der Waals surface area (Å²) < 4.78 is 0. The van der Waals surface area contributed by atoms with Gasteiger partial charge in [0.05, 0.1) is 0 Å². The lowest BCUT2D eigenvalue weighted by atomic mass is 10.3. The zero-order valence-electron chi connectivity index (χ0n) is 10.3. The summed E-state index contributed by atoms with van der Waals surface area (Å²) in [7, 11) is 4.25. The molecule has 0 aromatic carbocycles. The molecule has 3 nitrogen and oxygen atoms in total. The summed E-state index contributed by atoms with van der Waals surface area (Å²) in [6, 6.07) is 0.449. The lowest BCUT2D eigenvalue weighted by Crippen LogP contribution is -2.23. The Balaban J connectivity index is 0.000000241. The van der Waals surface area contributed by atoms with Crippen molar-refractivity contribution in [3.05, 3.63) is 0 Å². The highest BCUT2D eigenvalue weighted by molar-refractivity contribution is 4.74. The van der Waals surface area contributed by atoms with E-state index >= 15 is 0 Å². The molecule has 14 heavy (non-hydrogen) atoms. The summed E-state index contributed by atoms with van der Waals surface area (Å²) in [6.45, 7) is 9.05. The average Bonchev–Trinajstić information content (AvgIpc) is 2.51. The molecule has 1 unspecified atom stereocenters. The molecule has 0 radical (unpaired) electrons. The molecule has 1 aliphatic rings. The van der Waals surface area contributed by atoms with Crippen molar-refractivity contribution >= 4 is 0 Å². The second-order valence-electron chi connectivity index (χ2n) is 4.21. The van der Waals surface area contributed by atoms with Gasteiger partial charge < -0.3 is 15.5 Å². The van der Waals surface area contributed by atoms with E-state index in [1.54, 1.807) is 0 Å². The maximum absolute atomic E-state index is 5.58. The van der Waals surface area contributed by atoms with Gasteiger partial charge >= 0.3 is 0 Å². The third kappa shape index (κ3) is 7.30. The molecular formula is C11H27N3. The molecule has 0 amide bonds. The van der Waals surface area contributed by atoms with Gasteiger partial charge in [-0.2, -0.15) is 0 Å². The van der Waals surface area contributed by atoms with Gasteiger partial charge in [-0.1, -0.05) is 13.8 Å². The molecule has 1 atom stereocenters. The smallest absolute Gasteiger partial charge is 0.0179 e. The van der Waals surface area contributed by atoms with Crippen LogP contribution in [0, 0.1) is 0 Å². The number of rotatable bonds is 3. The molecule has 0 saturated carbocycles. The summed E-state index contributed by atoms with van der Waals surface area (Å²) in [6.07, 6.45) is 2.45. The topological polar surface area (TPSA) is 32.5 Å². The minimum atomic E-state index is 0.449. The number of hydrogen-bond acceptors (Lipinski definition) is 3. The van der Waals surface area contributed by atoms with Crippen LogP contribution < -0.4 is 5.73 Å². The van der Waals surface area contributed by atoms with Crippen LogP contribution in [0.5, 0.6) is 0 Å². The second-order valence-corrected chi connectivity index (χ2v) is 4.21. The van der Waals surface area contributed by atoms with Gasteiger partial charge in [0.25, 0.3) is 0 Å². The molecule has 1 fully saturated rings. The first kappa shape index (κ1) is 13.9. The van der Waals surface area contributed by atoms with Crippen LogP contribution in [0.15, 0.2) is 0 Å². The molecule has 1 rings (SSSR count). The Morgan fingerprint density at radius 1 is 1.43 bits per heavy atom. The molecule has 1 heterocycles. The lowest BCUT2D eigenvalue weighted by Gasteiger charge is -2.10. The Bertz CT molecular complexity index is 117. The van der Waals surface area contributed by atoms with Crippen molar-refractivity contribution in [2.75, 3.05) is 40.3 Å². The van der Waals surface area contributed by atoms with E-state index in [4.69, 9.17) is 5.73 Å². The molecule has 1 saturated heterocycles. The summed E-state index contributed by atoms with van der Waals surface area (Å²) in [5, 5.41) is 0. The minimum Gasteiger partial charge on any atom is -0.326 e. The molecule has 3 heteroatoms. The van der Waals surface area contributed by atoms with Gasteiger partial charge in [0.15, 0.2) is 0 Å². The molecule has 2 N–H and O–H groups in total. The number of likely N-dealkylation sites (N-methyl/N-ethyl adjacent to an activating group) is 1. The van der Waals surface area contributed by atoms with Crippen LogP contribution in [0.3, 0.4) is 0 Å². The molecule has 86 valence electrons. The second kappa shape index (κ2) is 8.21. The van der Waals surface area contributed by atoms with Gasteiger partial charge in [-0.3, -0.25) is 0 Å². The largest absolute Gasteiger partial charge is 0.326 e. The molecule has 0 aromatic heterocycles. The Kier molecular flexibility index (Phi) is 8.14. The highest BCUT2D eigenvalue weighted by Gasteiger charge is 2.13. The fraction of sp³-hybridized carbons (Fsp3) is 1.00. The molecule has 1 aliphatic heterocycles. The monoisotopic (exact) mass is 201 g/mol. The van der Waals surface area contributed by atoms with Gasteiger partial charge in [0.1, 0.15) is 0 Å². The maximum atomic E-state index is 5.58. The summed E-state index contributed by atoms with van der Waals surface area (Å²) in [4.78, 5) is 4.56. The van der Waals surface area contributed by atoms with Crippen LogP contribution in [0.25, 0.3) is 0 Å². The SMILES string of the molecule is CCCN(C)CC.CN1CCC(N)C1. The van der Waals surface area contributed by atoms with E-state index in [2.05, 4.69) is 37.7 Å². The molecule has 0 spiro atoms. The van der Waals surface area contributed by atoms with Gasteiger partial charge in [-0.25, -0.2) is 0 Å². The van der Waals surface area contributed by atoms with Crippen molar-refractivity contribution in [3.8, 4) is 0 Å². The Hall–Kier alpha value is -0.120. The van der Waals surface area contributed by atoms with Crippen LogP contribution in [0.1, 0.15) is 26.7 Å². The van der Waals surface area contributed by atoms with E-state index in [0.717, 1.165) is 6.54 Å².